The number of Topliss-reactive ketones (excluding diaryl/α,β-unsaturated/α-hetero) is 1. The monoisotopic (exact) mass is 357 g/mol. The van der Waals surface area contributed by atoms with Gasteiger partial charge in [0.1, 0.15) is 5.78 Å². The summed E-state index contributed by atoms with van der Waals surface area (Å²) in [5.74, 6) is -0.629. The van der Waals surface area contributed by atoms with E-state index in [-0.39, 0.29) is 29.6 Å². The number of aryl methyl sites for hydroxylation is 2. The SMILES string of the molecule is Cc1ccc(C)c(NC(=O)C(C)OC(=O)C2CC3CCCC(C2)C3=O)c1. The summed E-state index contributed by atoms with van der Waals surface area (Å²) >= 11 is 0. The van der Waals surface area contributed by atoms with Crippen molar-refractivity contribution in [3.05, 3.63) is 29.3 Å². The van der Waals surface area contributed by atoms with Crippen molar-refractivity contribution in [2.75, 3.05) is 5.32 Å². The summed E-state index contributed by atoms with van der Waals surface area (Å²) in [6, 6.07) is 5.82. The molecule has 0 spiro atoms. The summed E-state index contributed by atoms with van der Waals surface area (Å²) in [7, 11) is 0. The molecule has 1 amide bonds. The molecule has 0 aromatic heterocycles. The molecule has 2 aliphatic rings. The summed E-state index contributed by atoms with van der Waals surface area (Å²) in [4.78, 5) is 37.1. The quantitative estimate of drug-likeness (QED) is 0.836. The molecule has 3 unspecified atom stereocenters. The highest BCUT2D eigenvalue weighted by atomic mass is 16.5. The van der Waals surface area contributed by atoms with Gasteiger partial charge in [-0.2, -0.15) is 0 Å². The number of ether oxygens (including phenoxy) is 1. The van der Waals surface area contributed by atoms with Crippen molar-refractivity contribution < 1.29 is 19.1 Å². The normalized spacial score (nSPS) is 26.1. The molecule has 0 saturated heterocycles. The molecule has 5 heteroatoms. The van der Waals surface area contributed by atoms with E-state index in [9.17, 15) is 14.4 Å². The number of anilines is 1. The lowest BCUT2D eigenvalue weighted by molar-refractivity contribution is -0.161. The van der Waals surface area contributed by atoms with Gasteiger partial charge in [-0.25, -0.2) is 0 Å². The van der Waals surface area contributed by atoms with E-state index in [0.717, 1.165) is 36.1 Å². The van der Waals surface area contributed by atoms with E-state index in [1.807, 2.05) is 32.0 Å². The van der Waals surface area contributed by atoms with Crippen LogP contribution in [0.15, 0.2) is 18.2 Å². The number of carbonyl (C=O) groups is 3. The van der Waals surface area contributed by atoms with E-state index in [2.05, 4.69) is 5.32 Å². The molecule has 1 aromatic rings. The minimum atomic E-state index is -0.861. The number of benzene rings is 1. The van der Waals surface area contributed by atoms with Crippen molar-refractivity contribution in [3.63, 3.8) is 0 Å². The molecular formula is C21H27NO4. The van der Waals surface area contributed by atoms with E-state index < -0.39 is 6.10 Å². The molecule has 140 valence electrons. The number of ketones is 1. The number of fused-ring (bicyclic) bond motifs is 2. The van der Waals surface area contributed by atoms with Gasteiger partial charge in [-0.1, -0.05) is 18.6 Å². The maximum absolute atomic E-state index is 12.5. The first kappa shape index (κ1) is 18.6. The molecule has 1 aromatic carbocycles. The van der Waals surface area contributed by atoms with Crippen LogP contribution in [0.4, 0.5) is 5.69 Å². The molecule has 3 atom stereocenters. The van der Waals surface area contributed by atoms with E-state index in [1.54, 1.807) is 6.92 Å². The molecule has 0 radical (unpaired) electrons. The molecule has 5 nitrogen and oxygen atoms in total. The highest BCUT2D eigenvalue weighted by Crippen LogP contribution is 2.40. The van der Waals surface area contributed by atoms with E-state index in [4.69, 9.17) is 4.74 Å². The van der Waals surface area contributed by atoms with Gasteiger partial charge in [0.2, 0.25) is 0 Å². The molecule has 2 fully saturated rings. The van der Waals surface area contributed by atoms with Crippen LogP contribution in [0.25, 0.3) is 0 Å². The second-order valence-electron chi connectivity index (χ2n) is 7.78. The van der Waals surface area contributed by atoms with Crippen molar-refractivity contribution in [1.82, 2.24) is 0 Å². The maximum Gasteiger partial charge on any atom is 0.309 e. The van der Waals surface area contributed by atoms with Crippen LogP contribution in [0.2, 0.25) is 0 Å². The molecule has 3 rings (SSSR count). The van der Waals surface area contributed by atoms with Crippen LogP contribution >= 0.6 is 0 Å². The first-order chi connectivity index (χ1) is 12.3. The maximum atomic E-state index is 12.5. The summed E-state index contributed by atoms with van der Waals surface area (Å²) in [5.41, 5.74) is 2.74. The fourth-order valence-corrected chi connectivity index (χ4v) is 4.10. The lowest BCUT2D eigenvalue weighted by Crippen LogP contribution is -2.41. The largest absolute Gasteiger partial charge is 0.452 e. The van der Waals surface area contributed by atoms with Gasteiger partial charge >= 0.3 is 5.97 Å². The molecule has 1 N–H and O–H groups in total. The first-order valence-corrected chi connectivity index (χ1v) is 9.47. The van der Waals surface area contributed by atoms with Gasteiger partial charge in [-0.05, 0) is 63.6 Å². The third-order valence-corrected chi connectivity index (χ3v) is 5.69. The predicted octanol–water partition coefficient (Wildman–Crippen LogP) is 3.57. The summed E-state index contributed by atoms with van der Waals surface area (Å²) < 4.78 is 5.43. The third-order valence-electron chi connectivity index (χ3n) is 5.69. The zero-order chi connectivity index (χ0) is 18.8. The van der Waals surface area contributed by atoms with Crippen molar-refractivity contribution in [2.45, 2.75) is 59.0 Å². The average Bonchev–Trinajstić information content (AvgIpc) is 2.57. The molecule has 26 heavy (non-hydrogen) atoms. The van der Waals surface area contributed by atoms with E-state index in [1.165, 1.54) is 0 Å². The standard InChI is InChI=1S/C21H27NO4/c1-12-7-8-13(2)18(9-12)22-20(24)14(3)26-21(25)17-10-15-5-4-6-16(11-17)19(15)23/h7-9,14-17H,4-6,10-11H2,1-3H3,(H,22,24). The van der Waals surface area contributed by atoms with Gasteiger partial charge < -0.3 is 10.1 Å². The molecule has 0 heterocycles. The Balaban J connectivity index is 1.58. The van der Waals surface area contributed by atoms with Crippen LogP contribution in [0.5, 0.6) is 0 Å². The van der Waals surface area contributed by atoms with Gasteiger partial charge in [-0.3, -0.25) is 14.4 Å². The highest BCUT2D eigenvalue weighted by Gasteiger charge is 2.42. The molecule has 2 saturated carbocycles. The lowest BCUT2D eigenvalue weighted by atomic mass is 9.67. The van der Waals surface area contributed by atoms with Gasteiger partial charge in [0.25, 0.3) is 5.91 Å². The minimum Gasteiger partial charge on any atom is -0.452 e. The van der Waals surface area contributed by atoms with Gasteiger partial charge in [-0.15, -0.1) is 0 Å². The second kappa shape index (κ2) is 7.60. The molecule has 2 aliphatic carbocycles. The first-order valence-electron chi connectivity index (χ1n) is 9.47. The van der Waals surface area contributed by atoms with Crippen molar-refractivity contribution in [3.8, 4) is 0 Å². The number of nitrogens with one attached hydrogen (secondary N) is 1. The van der Waals surface area contributed by atoms with Crippen LogP contribution in [0, 0.1) is 31.6 Å². The highest BCUT2D eigenvalue weighted by molar-refractivity contribution is 5.96. The Morgan fingerprint density at radius 1 is 1.15 bits per heavy atom. The summed E-state index contributed by atoms with van der Waals surface area (Å²) in [5, 5.41) is 2.84. The Kier molecular flexibility index (Phi) is 5.44. The number of hydrogen-bond donors (Lipinski definition) is 1. The Morgan fingerprint density at radius 2 is 1.81 bits per heavy atom. The van der Waals surface area contributed by atoms with Crippen LogP contribution < -0.4 is 5.32 Å². The second-order valence-corrected chi connectivity index (χ2v) is 7.78. The number of hydrogen-bond acceptors (Lipinski definition) is 4. The van der Waals surface area contributed by atoms with Crippen LogP contribution in [-0.4, -0.2) is 23.8 Å². The summed E-state index contributed by atoms with van der Waals surface area (Å²) in [6.07, 6.45) is 3.10. The van der Waals surface area contributed by atoms with E-state index >= 15 is 0 Å². The zero-order valence-electron chi connectivity index (χ0n) is 15.7. The van der Waals surface area contributed by atoms with Gasteiger partial charge in [0.05, 0.1) is 5.92 Å². The van der Waals surface area contributed by atoms with Gasteiger partial charge in [0, 0.05) is 17.5 Å². The average molecular weight is 357 g/mol. The lowest BCUT2D eigenvalue weighted by Gasteiger charge is -2.36. The number of carbonyl (C=O) groups excluding carboxylic acids is 3. The number of amides is 1. The minimum absolute atomic E-state index is 0.000809. The Bertz CT molecular complexity index is 711. The Labute approximate surface area is 154 Å². The van der Waals surface area contributed by atoms with E-state index in [0.29, 0.717) is 18.6 Å². The Morgan fingerprint density at radius 3 is 2.46 bits per heavy atom. The fraction of sp³-hybridized carbons (Fsp3) is 0.571. The smallest absolute Gasteiger partial charge is 0.309 e. The molecular weight excluding hydrogens is 330 g/mol. The van der Waals surface area contributed by atoms with Crippen LogP contribution in [0.1, 0.15) is 50.2 Å². The van der Waals surface area contributed by atoms with Crippen LogP contribution in [-0.2, 0) is 19.1 Å². The topological polar surface area (TPSA) is 72.5 Å². The summed E-state index contributed by atoms with van der Waals surface area (Å²) in [6.45, 7) is 5.47. The number of rotatable bonds is 4. The van der Waals surface area contributed by atoms with Gasteiger partial charge in [0.15, 0.2) is 6.10 Å². The van der Waals surface area contributed by atoms with Crippen molar-refractivity contribution >= 4 is 23.3 Å². The molecule has 2 bridgehead atoms. The Hall–Kier alpha value is -2.17. The predicted molar refractivity (Wildman–Crippen MR) is 98.7 cm³/mol. The molecule has 0 aliphatic heterocycles. The van der Waals surface area contributed by atoms with Crippen molar-refractivity contribution in [2.24, 2.45) is 17.8 Å². The third kappa shape index (κ3) is 3.97. The fourth-order valence-electron chi connectivity index (χ4n) is 4.10. The number of esters is 1. The van der Waals surface area contributed by atoms with Crippen molar-refractivity contribution in [1.29, 1.82) is 0 Å². The van der Waals surface area contributed by atoms with Crippen LogP contribution in [0.3, 0.4) is 0 Å². The zero-order valence-corrected chi connectivity index (χ0v) is 15.7.